The Kier molecular flexibility index (Phi) is 4.94. The third-order valence-corrected chi connectivity index (χ3v) is 3.13. The number of hydrogen-bond acceptors (Lipinski definition) is 3. The lowest BCUT2D eigenvalue weighted by atomic mass is 10.1. The zero-order valence-corrected chi connectivity index (χ0v) is 12.0. The van der Waals surface area contributed by atoms with Crippen LogP contribution in [0.25, 0.3) is 0 Å². The highest BCUT2D eigenvalue weighted by Gasteiger charge is 2.07. The Balaban J connectivity index is 1.86. The SMILES string of the molecule is NC(=S)c1ccc(C(=O)NCCc2ccc(F)cc2)nc1. The van der Waals surface area contributed by atoms with Gasteiger partial charge in [-0.25, -0.2) is 4.39 Å². The number of pyridine rings is 1. The molecule has 0 spiro atoms. The summed E-state index contributed by atoms with van der Waals surface area (Å²) in [6, 6.07) is 9.40. The highest BCUT2D eigenvalue weighted by atomic mass is 32.1. The topological polar surface area (TPSA) is 68.0 Å². The van der Waals surface area contributed by atoms with Gasteiger partial charge in [0.25, 0.3) is 5.91 Å². The molecule has 21 heavy (non-hydrogen) atoms. The molecule has 0 bridgehead atoms. The maximum atomic E-state index is 12.8. The predicted molar refractivity (Wildman–Crippen MR) is 82.6 cm³/mol. The van der Waals surface area contributed by atoms with Gasteiger partial charge in [-0.2, -0.15) is 0 Å². The summed E-state index contributed by atoms with van der Waals surface area (Å²) in [5.41, 5.74) is 7.33. The van der Waals surface area contributed by atoms with Crippen LogP contribution >= 0.6 is 12.2 Å². The predicted octanol–water partition coefficient (Wildman–Crippen LogP) is 1.83. The van der Waals surface area contributed by atoms with Crippen molar-refractivity contribution in [3.63, 3.8) is 0 Å². The number of hydrogen-bond donors (Lipinski definition) is 2. The van der Waals surface area contributed by atoms with Crippen molar-refractivity contribution < 1.29 is 9.18 Å². The van der Waals surface area contributed by atoms with Gasteiger partial charge >= 0.3 is 0 Å². The van der Waals surface area contributed by atoms with Gasteiger partial charge in [-0.3, -0.25) is 9.78 Å². The lowest BCUT2D eigenvalue weighted by Gasteiger charge is -2.05. The van der Waals surface area contributed by atoms with Crippen LogP contribution in [0.4, 0.5) is 4.39 Å². The second kappa shape index (κ2) is 6.90. The molecule has 0 saturated carbocycles. The summed E-state index contributed by atoms with van der Waals surface area (Å²) in [6.45, 7) is 0.448. The van der Waals surface area contributed by atoms with E-state index in [4.69, 9.17) is 18.0 Å². The van der Waals surface area contributed by atoms with E-state index in [1.165, 1.54) is 18.3 Å². The maximum Gasteiger partial charge on any atom is 0.269 e. The first-order valence-corrected chi connectivity index (χ1v) is 6.75. The average molecular weight is 303 g/mol. The van der Waals surface area contributed by atoms with Crippen LogP contribution in [0.15, 0.2) is 42.6 Å². The molecule has 1 aromatic heterocycles. The Labute approximate surface area is 127 Å². The Hall–Kier alpha value is -2.34. The largest absolute Gasteiger partial charge is 0.389 e. The molecule has 0 atom stereocenters. The molecule has 0 aliphatic heterocycles. The van der Waals surface area contributed by atoms with E-state index < -0.39 is 0 Å². The molecule has 0 fully saturated rings. The average Bonchev–Trinajstić information content (AvgIpc) is 2.49. The quantitative estimate of drug-likeness (QED) is 0.827. The molecule has 2 rings (SSSR count). The van der Waals surface area contributed by atoms with Crippen molar-refractivity contribution in [2.45, 2.75) is 6.42 Å². The summed E-state index contributed by atoms with van der Waals surface area (Å²) in [5, 5.41) is 2.75. The molecule has 0 radical (unpaired) electrons. The third kappa shape index (κ3) is 4.32. The van der Waals surface area contributed by atoms with Crippen molar-refractivity contribution in [1.29, 1.82) is 0 Å². The molecule has 0 saturated heterocycles. The molecular formula is C15H14FN3OS. The molecule has 1 heterocycles. The minimum Gasteiger partial charge on any atom is -0.389 e. The second-order valence-corrected chi connectivity index (χ2v) is 4.87. The number of nitrogens with zero attached hydrogens (tertiary/aromatic N) is 1. The number of halogens is 1. The number of benzene rings is 1. The summed E-state index contributed by atoms with van der Waals surface area (Å²) < 4.78 is 12.8. The van der Waals surface area contributed by atoms with Crippen molar-refractivity contribution in [2.24, 2.45) is 5.73 Å². The van der Waals surface area contributed by atoms with Gasteiger partial charge < -0.3 is 11.1 Å². The van der Waals surface area contributed by atoms with Gasteiger partial charge in [0, 0.05) is 18.3 Å². The summed E-state index contributed by atoms with van der Waals surface area (Å²) in [4.78, 5) is 16.1. The monoisotopic (exact) mass is 303 g/mol. The van der Waals surface area contributed by atoms with Gasteiger partial charge in [0.15, 0.2) is 0 Å². The van der Waals surface area contributed by atoms with Crippen LogP contribution in [0.5, 0.6) is 0 Å². The standard InChI is InChI=1S/C15H14FN3OS/c16-12-4-1-10(2-5-12)7-8-18-15(20)13-6-3-11(9-19-13)14(17)21/h1-6,9H,7-8H2,(H2,17,21)(H,18,20). The molecule has 3 N–H and O–H groups in total. The number of carbonyl (C=O) groups is 1. The van der Waals surface area contributed by atoms with Crippen molar-refractivity contribution >= 4 is 23.1 Å². The lowest BCUT2D eigenvalue weighted by Crippen LogP contribution is -2.26. The summed E-state index contributed by atoms with van der Waals surface area (Å²) in [7, 11) is 0. The number of carbonyl (C=O) groups excluding carboxylic acids is 1. The van der Waals surface area contributed by atoms with E-state index in [1.807, 2.05) is 0 Å². The van der Waals surface area contributed by atoms with Crippen LogP contribution in [0.1, 0.15) is 21.6 Å². The number of nitrogens with one attached hydrogen (secondary N) is 1. The first kappa shape index (κ1) is 15.1. The first-order valence-electron chi connectivity index (χ1n) is 6.35. The van der Waals surface area contributed by atoms with Crippen LogP contribution in [0.2, 0.25) is 0 Å². The molecule has 6 heteroatoms. The van der Waals surface area contributed by atoms with Gasteiger partial charge in [-0.15, -0.1) is 0 Å². The second-order valence-electron chi connectivity index (χ2n) is 4.43. The van der Waals surface area contributed by atoms with E-state index in [2.05, 4.69) is 10.3 Å². The van der Waals surface area contributed by atoms with Crippen molar-refractivity contribution in [3.05, 3.63) is 65.2 Å². The zero-order valence-electron chi connectivity index (χ0n) is 11.2. The molecule has 108 valence electrons. The molecule has 2 aromatic rings. The van der Waals surface area contributed by atoms with E-state index in [0.29, 0.717) is 24.2 Å². The minimum absolute atomic E-state index is 0.241. The fourth-order valence-corrected chi connectivity index (χ4v) is 1.86. The Morgan fingerprint density at radius 3 is 2.52 bits per heavy atom. The fourth-order valence-electron chi connectivity index (χ4n) is 1.74. The molecular weight excluding hydrogens is 289 g/mol. The van der Waals surface area contributed by atoms with E-state index in [0.717, 1.165) is 5.56 Å². The van der Waals surface area contributed by atoms with Crippen molar-refractivity contribution in [3.8, 4) is 0 Å². The number of rotatable bonds is 5. The maximum absolute atomic E-state index is 12.8. The lowest BCUT2D eigenvalue weighted by molar-refractivity contribution is 0.0949. The van der Waals surface area contributed by atoms with Crippen molar-refractivity contribution in [2.75, 3.05) is 6.54 Å². The van der Waals surface area contributed by atoms with E-state index in [-0.39, 0.29) is 16.7 Å². The third-order valence-electron chi connectivity index (χ3n) is 2.89. The van der Waals surface area contributed by atoms with Crippen LogP contribution in [0, 0.1) is 5.82 Å². The minimum atomic E-state index is -0.273. The Morgan fingerprint density at radius 2 is 1.95 bits per heavy atom. The van der Waals surface area contributed by atoms with E-state index >= 15 is 0 Å². The van der Waals surface area contributed by atoms with Crippen LogP contribution < -0.4 is 11.1 Å². The highest BCUT2D eigenvalue weighted by Crippen LogP contribution is 2.03. The zero-order chi connectivity index (χ0) is 15.2. The van der Waals surface area contributed by atoms with Gasteiger partial charge in [0.05, 0.1) is 0 Å². The van der Waals surface area contributed by atoms with Crippen LogP contribution in [0.3, 0.4) is 0 Å². The first-order chi connectivity index (χ1) is 10.1. The van der Waals surface area contributed by atoms with Gasteiger partial charge in [-0.1, -0.05) is 24.4 Å². The number of nitrogens with two attached hydrogens (primary N) is 1. The number of amides is 1. The smallest absolute Gasteiger partial charge is 0.269 e. The molecule has 0 aliphatic carbocycles. The molecule has 1 aromatic carbocycles. The summed E-state index contributed by atoms with van der Waals surface area (Å²) in [6.07, 6.45) is 2.09. The van der Waals surface area contributed by atoms with Crippen LogP contribution in [-0.4, -0.2) is 22.4 Å². The normalized spacial score (nSPS) is 10.1. The molecule has 4 nitrogen and oxygen atoms in total. The fraction of sp³-hybridized carbons (Fsp3) is 0.133. The highest BCUT2D eigenvalue weighted by molar-refractivity contribution is 7.80. The Morgan fingerprint density at radius 1 is 1.24 bits per heavy atom. The summed E-state index contributed by atoms with van der Waals surface area (Å²) >= 11 is 4.81. The molecule has 0 aliphatic rings. The number of thiocarbonyl (C=S) groups is 1. The molecule has 0 unspecified atom stereocenters. The number of aromatic nitrogens is 1. The van der Waals surface area contributed by atoms with Gasteiger partial charge in [-0.05, 0) is 36.2 Å². The molecule has 1 amide bonds. The van der Waals surface area contributed by atoms with Gasteiger partial charge in [0.2, 0.25) is 0 Å². The van der Waals surface area contributed by atoms with Crippen LogP contribution in [-0.2, 0) is 6.42 Å². The van der Waals surface area contributed by atoms with E-state index in [1.54, 1.807) is 24.3 Å². The van der Waals surface area contributed by atoms with Crippen molar-refractivity contribution in [1.82, 2.24) is 10.3 Å². The Bertz CT molecular complexity index is 641. The summed E-state index contributed by atoms with van der Waals surface area (Å²) in [5.74, 6) is -0.545. The van der Waals surface area contributed by atoms with E-state index in [9.17, 15) is 9.18 Å². The van der Waals surface area contributed by atoms with Gasteiger partial charge in [0.1, 0.15) is 16.5 Å².